The molecule has 0 unspecified atom stereocenters. The molecule has 0 atom stereocenters. The summed E-state index contributed by atoms with van der Waals surface area (Å²) in [6.45, 7) is 0.563. The number of para-hydroxylation sites is 2. The fraction of sp³-hybridized carbons (Fsp3) is 0.100. The minimum absolute atomic E-state index is 0.563. The predicted octanol–water partition coefficient (Wildman–Crippen LogP) is 3.76. The van der Waals surface area contributed by atoms with Gasteiger partial charge in [-0.1, -0.05) is 41.7 Å². The molecule has 0 radical (unpaired) electrons. The summed E-state index contributed by atoms with van der Waals surface area (Å²) in [5.74, 6) is 1.62. The van der Waals surface area contributed by atoms with Crippen molar-refractivity contribution < 1.29 is 4.74 Å². The molecular weight excluding hydrogens is 372 g/mol. The third-order valence-electron chi connectivity index (χ3n) is 4.44. The summed E-state index contributed by atoms with van der Waals surface area (Å²) in [4.78, 5) is 5.20. The monoisotopic (exact) mass is 388 g/mol. The Kier molecular flexibility index (Phi) is 4.10. The van der Waals surface area contributed by atoms with E-state index in [0.717, 1.165) is 38.1 Å². The van der Waals surface area contributed by atoms with Crippen LogP contribution in [0.5, 0.6) is 5.75 Å². The normalized spacial score (nSPS) is 11.8. The Bertz CT molecular complexity index is 1280. The van der Waals surface area contributed by atoms with E-state index in [1.54, 1.807) is 11.6 Å². The van der Waals surface area contributed by atoms with Gasteiger partial charge in [-0.15, -0.1) is 10.2 Å². The zero-order valence-electron chi connectivity index (χ0n) is 15.1. The van der Waals surface area contributed by atoms with Gasteiger partial charge in [0, 0.05) is 0 Å². The van der Waals surface area contributed by atoms with Crippen molar-refractivity contribution in [1.29, 1.82) is 0 Å². The Hall–Kier alpha value is -3.52. The van der Waals surface area contributed by atoms with E-state index < -0.39 is 0 Å². The van der Waals surface area contributed by atoms with Crippen LogP contribution >= 0.6 is 11.3 Å². The summed E-state index contributed by atoms with van der Waals surface area (Å²) in [5.41, 5.74) is 3.11. The maximum atomic E-state index is 5.18. The molecule has 0 bridgehead atoms. The van der Waals surface area contributed by atoms with Gasteiger partial charge < -0.3 is 9.30 Å². The second-order valence-electron chi connectivity index (χ2n) is 6.22. The molecule has 0 aliphatic rings. The van der Waals surface area contributed by atoms with Crippen LogP contribution in [-0.2, 0) is 6.54 Å². The number of methoxy groups -OCH3 is 1. The van der Waals surface area contributed by atoms with Gasteiger partial charge >= 0.3 is 0 Å². The molecule has 0 amide bonds. The van der Waals surface area contributed by atoms with Gasteiger partial charge in [0.05, 0.1) is 31.0 Å². The Morgan fingerprint density at radius 3 is 2.75 bits per heavy atom. The molecule has 3 aromatic heterocycles. The summed E-state index contributed by atoms with van der Waals surface area (Å²) in [5, 5.41) is 14.1. The van der Waals surface area contributed by atoms with E-state index >= 15 is 0 Å². The molecule has 0 saturated carbocycles. The largest absolute Gasteiger partial charge is 0.497 e. The molecule has 0 saturated heterocycles. The minimum atomic E-state index is 0.563. The number of rotatable bonds is 5. The number of ether oxygens (including phenoxy) is 1. The van der Waals surface area contributed by atoms with Crippen LogP contribution < -0.4 is 4.74 Å². The first-order chi connectivity index (χ1) is 13.8. The van der Waals surface area contributed by atoms with Crippen molar-refractivity contribution in [3.63, 3.8) is 0 Å². The Morgan fingerprint density at radius 2 is 1.89 bits per heavy atom. The van der Waals surface area contributed by atoms with Crippen molar-refractivity contribution in [3.8, 4) is 5.75 Å². The highest BCUT2D eigenvalue weighted by Gasteiger charge is 2.12. The van der Waals surface area contributed by atoms with Crippen molar-refractivity contribution in [3.05, 3.63) is 71.3 Å². The van der Waals surface area contributed by atoms with Crippen LogP contribution in [0.4, 0.5) is 0 Å². The lowest BCUT2D eigenvalue weighted by Gasteiger charge is -2.01. The fourth-order valence-corrected chi connectivity index (χ4v) is 3.77. The average Bonchev–Trinajstić information content (AvgIpc) is 3.43. The van der Waals surface area contributed by atoms with Crippen molar-refractivity contribution in [1.82, 2.24) is 29.4 Å². The van der Waals surface area contributed by atoms with Crippen LogP contribution in [0.3, 0.4) is 0 Å². The maximum absolute atomic E-state index is 5.18. The highest BCUT2D eigenvalue weighted by molar-refractivity contribution is 7.17. The molecular formula is C20H16N6OS. The van der Waals surface area contributed by atoms with Gasteiger partial charge in [-0.25, -0.2) is 4.98 Å². The minimum Gasteiger partial charge on any atom is -0.497 e. The third kappa shape index (κ3) is 3.03. The summed E-state index contributed by atoms with van der Waals surface area (Å²) >= 11 is 1.50. The molecule has 5 rings (SSSR count). The van der Waals surface area contributed by atoms with Gasteiger partial charge in [-0.3, -0.25) is 0 Å². The molecule has 2 aromatic carbocycles. The third-order valence-corrected chi connectivity index (χ3v) is 5.31. The van der Waals surface area contributed by atoms with E-state index in [0.29, 0.717) is 6.54 Å². The van der Waals surface area contributed by atoms with Gasteiger partial charge in [-0.05, 0) is 35.9 Å². The lowest BCUT2D eigenvalue weighted by Crippen LogP contribution is -2.04. The van der Waals surface area contributed by atoms with Crippen molar-refractivity contribution in [2.24, 2.45) is 0 Å². The number of hydrogen-bond donors (Lipinski definition) is 0. The number of imidazole rings is 1. The van der Waals surface area contributed by atoms with Crippen LogP contribution in [-0.4, -0.2) is 36.5 Å². The molecule has 0 spiro atoms. The van der Waals surface area contributed by atoms with E-state index in [1.165, 1.54) is 11.3 Å². The van der Waals surface area contributed by atoms with Crippen molar-refractivity contribution >= 4 is 39.5 Å². The molecule has 8 heteroatoms. The molecule has 0 fully saturated rings. The van der Waals surface area contributed by atoms with Gasteiger partial charge in [0.1, 0.15) is 10.8 Å². The Balaban J connectivity index is 1.41. The summed E-state index contributed by atoms with van der Waals surface area (Å²) in [6, 6.07) is 15.9. The summed E-state index contributed by atoms with van der Waals surface area (Å²) in [7, 11) is 1.66. The van der Waals surface area contributed by atoms with Crippen molar-refractivity contribution in [2.75, 3.05) is 7.11 Å². The highest BCUT2D eigenvalue weighted by atomic mass is 32.1. The van der Waals surface area contributed by atoms with Crippen molar-refractivity contribution in [2.45, 2.75) is 6.54 Å². The fourth-order valence-electron chi connectivity index (χ4n) is 3.01. The maximum Gasteiger partial charge on any atom is 0.235 e. The van der Waals surface area contributed by atoms with Gasteiger partial charge in [0.25, 0.3) is 0 Å². The van der Waals surface area contributed by atoms with E-state index in [2.05, 4.69) is 24.8 Å². The number of fused-ring (bicyclic) bond motifs is 2. The SMILES string of the molecule is COc1ccc(C=Cc2nn3c(Cn4cnc5ccccc54)nnc3s2)cc1. The first kappa shape index (κ1) is 16.6. The first-order valence-corrected chi connectivity index (χ1v) is 9.55. The van der Waals surface area contributed by atoms with E-state index in [1.807, 2.05) is 67.0 Å². The predicted molar refractivity (Wildman–Crippen MR) is 109 cm³/mol. The number of benzene rings is 2. The second kappa shape index (κ2) is 6.90. The number of aromatic nitrogens is 6. The zero-order valence-corrected chi connectivity index (χ0v) is 15.9. The lowest BCUT2D eigenvalue weighted by molar-refractivity contribution is 0.415. The van der Waals surface area contributed by atoms with E-state index in [4.69, 9.17) is 4.74 Å². The molecule has 5 aromatic rings. The van der Waals surface area contributed by atoms with E-state index in [9.17, 15) is 0 Å². The quantitative estimate of drug-likeness (QED) is 0.458. The standard InChI is InChI=1S/C20H16N6OS/c1-27-15-9-6-14(7-10-15)8-11-19-24-26-18(22-23-20(26)28-19)12-25-13-21-16-4-2-3-5-17(16)25/h2-11,13H,12H2,1H3. The summed E-state index contributed by atoms with van der Waals surface area (Å²) in [6.07, 6.45) is 5.83. The molecule has 3 heterocycles. The first-order valence-electron chi connectivity index (χ1n) is 8.73. The number of nitrogens with zero attached hydrogens (tertiary/aromatic N) is 6. The molecule has 7 nitrogen and oxygen atoms in total. The molecule has 28 heavy (non-hydrogen) atoms. The van der Waals surface area contributed by atoms with Crippen LogP contribution in [0, 0.1) is 0 Å². The van der Waals surface area contributed by atoms with Gasteiger partial charge in [0.2, 0.25) is 4.96 Å². The van der Waals surface area contributed by atoms with Crippen LogP contribution in [0.1, 0.15) is 16.4 Å². The zero-order chi connectivity index (χ0) is 18.9. The molecule has 0 aliphatic heterocycles. The van der Waals surface area contributed by atoms with Gasteiger partial charge in [0.15, 0.2) is 5.82 Å². The molecule has 138 valence electrons. The second-order valence-corrected chi connectivity index (χ2v) is 7.21. The Morgan fingerprint density at radius 1 is 1.04 bits per heavy atom. The lowest BCUT2D eigenvalue weighted by atomic mass is 10.2. The van der Waals surface area contributed by atoms with E-state index in [-0.39, 0.29) is 0 Å². The summed E-state index contributed by atoms with van der Waals surface area (Å²) < 4.78 is 9.04. The number of hydrogen-bond acceptors (Lipinski definition) is 6. The van der Waals surface area contributed by atoms with Crippen LogP contribution in [0.15, 0.2) is 54.9 Å². The van der Waals surface area contributed by atoms with Gasteiger partial charge in [-0.2, -0.15) is 9.61 Å². The topological polar surface area (TPSA) is 70.1 Å². The smallest absolute Gasteiger partial charge is 0.235 e. The van der Waals surface area contributed by atoms with Crippen LogP contribution in [0.25, 0.3) is 28.1 Å². The molecule has 0 N–H and O–H groups in total. The molecule has 0 aliphatic carbocycles. The highest BCUT2D eigenvalue weighted by Crippen LogP contribution is 2.19. The Labute approximate surface area is 164 Å². The average molecular weight is 388 g/mol. The van der Waals surface area contributed by atoms with Crippen LogP contribution in [0.2, 0.25) is 0 Å².